The maximum Gasteiger partial charge on any atom is 0.268 e. The van der Waals surface area contributed by atoms with Gasteiger partial charge in [0.15, 0.2) is 0 Å². The average Bonchev–Trinajstić information content (AvgIpc) is 3.02. The number of rotatable bonds is 7. The van der Waals surface area contributed by atoms with Crippen molar-refractivity contribution in [2.45, 2.75) is 32.7 Å². The molecule has 134 valence electrons. The maximum absolute atomic E-state index is 12.0. The van der Waals surface area contributed by atoms with Crippen LogP contribution in [0.4, 0.5) is 5.69 Å². The summed E-state index contributed by atoms with van der Waals surface area (Å²) in [6.07, 6.45) is 3.27. The van der Waals surface area contributed by atoms with Crippen LogP contribution >= 0.6 is 0 Å². The Kier molecular flexibility index (Phi) is 6.36. The Bertz CT molecular complexity index is 613. The fourth-order valence-electron chi connectivity index (χ4n) is 2.75. The molecule has 7 heteroatoms. The average molecular weight is 335 g/mol. The molecule has 0 aromatic carbocycles. The quantitative estimate of drug-likeness (QED) is 0.784. The number of hydrogen-bond donors (Lipinski definition) is 1. The Hall–Kier alpha value is -1.89. The Morgan fingerprint density at radius 2 is 2.25 bits per heavy atom. The second kappa shape index (κ2) is 8.28. The molecule has 1 aromatic heterocycles. The lowest BCUT2D eigenvalue weighted by atomic mass is 10.1. The molecule has 1 amide bonds. The van der Waals surface area contributed by atoms with E-state index in [1.807, 2.05) is 7.05 Å². The molecule has 0 radical (unpaired) electrons. The fraction of sp³-hybridized carbons (Fsp3) is 0.706. The molecule has 0 bridgehead atoms. The molecule has 1 saturated heterocycles. The summed E-state index contributed by atoms with van der Waals surface area (Å²) in [5.74, 6) is 0.525. The number of amides is 1. The molecule has 2 heterocycles. The molecule has 0 saturated carbocycles. The third-order valence-electron chi connectivity index (χ3n) is 4.77. The van der Waals surface area contributed by atoms with E-state index < -0.39 is 0 Å². The number of aryl methyl sites for hydroxylation is 1. The number of carbonyl (C=O) groups is 1. The zero-order valence-corrected chi connectivity index (χ0v) is 15.2. The Balaban J connectivity index is 1.74. The monoisotopic (exact) mass is 335 g/mol. The van der Waals surface area contributed by atoms with Gasteiger partial charge in [0.2, 0.25) is 5.91 Å². The predicted molar refractivity (Wildman–Crippen MR) is 95.2 cm³/mol. The lowest BCUT2D eigenvalue weighted by Crippen LogP contribution is -2.35. The molecule has 2 rings (SSSR count). The van der Waals surface area contributed by atoms with Crippen molar-refractivity contribution in [3.63, 3.8) is 0 Å². The van der Waals surface area contributed by atoms with Crippen molar-refractivity contribution < 1.29 is 4.79 Å². The summed E-state index contributed by atoms with van der Waals surface area (Å²) in [5, 5.41) is 7.10. The minimum absolute atomic E-state index is 0.0986. The van der Waals surface area contributed by atoms with Crippen molar-refractivity contribution >= 4 is 11.6 Å². The topological polar surface area (TPSA) is 70.5 Å². The van der Waals surface area contributed by atoms with Gasteiger partial charge in [-0.3, -0.25) is 9.59 Å². The maximum atomic E-state index is 12.0. The lowest BCUT2D eigenvalue weighted by Gasteiger charge is -2.21. The Morgan fingerprint density at radius 1 is 1.50 bits per heavy atom. The first-order valence-electron chi connectivity index (χ1n) is 8.62. The van der Waals surface area contributed by atoms with E-state index in [0.29, 0.717) is 24.9 Å². The molecule has 1 aliphatic rings. The standard InChI is InChI=1S/C17H29N5O2/c1-13(2)20(3)7-6-16(23)18-10-14-5-8-22(12-14)15-9-17(24)21(4)19-11-15/h9,11,13-14H,5-8,10,12H2,1-4H3,(H,18,23)/t14-/m0/s1. The highest BCUT2D eigenvalue weighted by molar-refractivity contribution is 5.76. The van der Waals surface area contributed by atoms with Gasteiger partial charge in [0.05, 0.1) is 11.9 Å². The zero-order valence-electron chi connectivity index (χ0n) is 15.2. The lowest BCUT2D eigenvalue weighted by molar-refractivity contribution is -0.121. The summed E-state index contributed by atoms with van der Waals surface area (Å²) >= 11 is 0. The number of carbonyl (C=O) groups excluding carboxylic acids is 1. The van der Waals surface area contributed by atoms with Gasteiger partial charge in [-0.05, 0) is 33.2 Å². The van der Waals surface area contributed by atoms with E-state index in [1.165, 1.54) is 4.68 Å². The van der Waals surface area contributed by atoms with Crippen LogP contribution in [0.1, 0.15) is 26.7 Å². The van der Waals surface area contributed by atoms with Crippen molar-refractivity contribution in [3.05, 3.63) is 22.6 Å². The molecule has 1 fully saturated rings. The van der Waals surface area contributed by atoms with E-state index in [-0.39, 0.29) is 11.5 Å². The molecule has 24 heavy (non-hydrogen) atoms. The van der Waals surface area contributed by atoms with Crippen LogP contribution in [-0.2, 0) is 11.8 Å². The molecule has 1 N–H and O–H groups in total. The van der Waals surface area contributed by atoms with Crippen LogP contribution in [0.15, 0.2) is 17.1 Å². The number of nitrogens with zero attached hydrogens (tertiary/aromatic N) is 4. The summed E-state index contributed by atoms with van der Waals surface area (Å²) in [4.78, 5) is 28.0. The summed E-state index contributed by atoms with van der Waals surface area (Å²) in [6.45, 7) is 7.46. The van der Waals surface area contributed by atoms with Gasteiger partial charge in [0, 0.05) is 51.8 Å². The predicted octanol–water partition coefficient (Wildman–Crippen LogP) is 0.453. The summed E-state index contributed by atoms with van der Waals surface area (Å²) in [7, 11) is 3.68. The van der Waals surface area contributed by atoms with Crippen LogP contribution in [0.2, 0.25) is 0 Å². The van der Waals surface area contributed by atoms with E-state index in [4.69, 9.17) is 0 Å². The summed E-state index contributed by atoms with van der Waals surface area (Å²) in [6, 6.07) is 2.07. The van der Waals surface area contributed by atoms with E-state index in [0.717, 1.165) is 31.7 Å². The van der Waals surface area contributed by atoms with Gasteiger partial charge < -0.3 is 15.1 Å². The second-order valence-electron chi connectivity index (χ2n) is 6.90. The highest BCUT2D eigenvalue weighted by Gasteiger charge is 2.23. The van der Waals surface area contributed by atoms with E-state index in [9.17, 15) is 9.59 Å². The molecule has 0 aliphatic carbocycles. The van der Waals surface area contributed by atoms with E-state index >= 15 is 0 Å². The van der Waals surface area contributed by atoms with Crippen LogP contribution in [0, 0.1) is 5.92 Å². The molecule has 7 nitrogen and oxygen atoms in total. The van der Waals surface area contributed by atoms with Gasteiger partial charge in [-0.1, -0.05) is 0 Å². The van der Waals surface area contributed by atoms with Crippen molar-refractivity contribution in [1.82, 2.24) is 20.0 Å². The van der Waals surface area contributed by atoms with Crippen molar-refractivity contribution in [3.8, 4) is 0 Å². The van der Waals surface area contributed by atoms with Crippen LogP contribution in [-0.4, -0.2) is 59.9 Å². The van der Waals surface area contributed by atoms with Crippen LogP contribution in [0.25, 0.3) is 0 Å². The molecular formula is C17H29N5O2. The Labute approximate surface area is 143 Å². The second-order valence-corrected chi connectivity index (χ2v) is 6.90. The third-order valence-corrected chi connectivity index (χ3v) is 4.77. The van der Waals surface area contributed by atoms with E-state index in [2.05, 4.69) is 34.1 Å². The zero-order chi connectivity index (χ0) is 17.7. The van der Waals surface area contributed by atoms with Gasteiger partial charge in [-0.15, -0.1) is 0 Å². The van der Waals surface area contributed by atoms with Crippen LogP contribution in [0.5, 0.6) is 0 Å². The minimum atomic E-state index is -0.0986. The van der Waals surface area contributed by atoms with Crippen molar-refractivity contribution in [2.75, 3.05) is 38.1 Å². The summed E-state index contributed by atoms with van der Waals surface area (Å²) in [5.41, 5.74) is 0.768. The first kappa shape index (κ1) is 18.4. The highest BCUT2D eigenvalue weighted by atomic mass is 16.1. The Morgan fingerprint density at radius 3 is 2.92 bits per heavy atom. The number of anilines is 1. The molecule has 1 aliphatic heterocycles. The smallest absolute Gasteiger partial charge is 0.268 e. The van der Waals surface area contributed by atoms with Gasteiger partial charge in [0.25, 0.3) is 5.56 Å². The van der Waals surface area contributed by atoms with Gasteiger partial charge in [-0.25, -0.2) is 4.68 Å². The first-order valence-corrected chi connectivity index (χ1v) is 8.62. The molecule has 0 spiro atoms. The number of hydrogen-bond acceptors (Lipinski definition) is 5. The van der Waals surface area contributed by atoms with Crippen molar-refractivity contribution in [1.29, 1.82) is 0 Å². The molecular weight excluding hydrogens is 306 g/mol. The number of nitrogens with one attached hydrogen (secondary N) is 1. The van der Waals surface area contributed by atoms with Gasteiger partial charge >= 0.3 is 0 Å². The normalized spacial score (nSPS) is 17.8. The largest absolute Gasteiger partial charge is 0.370 e. The first-order chi connectivity index (χ1) is 11.4. The molecule has 0 unspecified atom stereocenters. The van der Waals surface area contributed by atoms with Crippen LogP contribution < -0.4 is 15.8 Å². The third kappa shape index (κ3) is 5.06. The van der Waals surface area contributed by atoms with Crippen molar-refractivity contribution in [2.24, 2.45) is 13.0 Å². The summed E-state index contributed by atoms with van der Waals surface area (Å²) < 4.78 is 1.32. The molecule has 1 aromatic rings. The van der Waals surface area contributed by atoms with E-state index in [1.54, 1.807) is 19.3 Å². The van der Waals surface area contributed by atoms with Crippen LogP contribution in [0.3, 0.4) is 0 Å². The van der Waals surface area contributed by atoms with Gasteiger partial charge in [-0.2, -0.15) is 5.10 Å². The highest BCUT2D eigenvalue weighted by Crippen LogP contribution is 2.21. The fourth-order valence-corrected chi connectivity index (χ4v) is 2.75. The van der Waals surface area contributed by atoms with Gasteiger partial charge in [0.1, 0.15) is 0 Å². The number of aromatic nitrogens is 2. The molecule has 1 atom stereocenters. The SMILES string of the molecule is CC(C)N(C)CCC(=O)NC[C@@H]1CCN(c2cnn(C)c(=O)c2)C1. The minimum Gasteiger partial charge on any atom is -0.370 e.